The van der Waals surface area contributed by atoms with Crippen LogP contribution in [0.25, 0.3) is 33.5 Å². The van der Waals surface area contributed by atoms with Gasteiger partial charge in [0.25, 0.3) is 6.01 Å². The molecule has 46 heavy (non-hydrogen) atoms. The van der Waals surface area contributed by atoms with E-state index in [1.54, 1.807) is 22.8 Å². The zero-order valence-corrected chi connectivity index (χ0v) is 25.0. The van der Waals surface area contributed by atoms with Crippen LogP contribution < -0.4 is 10.5 Å². The third-order valence-corrected chi connectivity index (χ3v) is 7.07. The number of aryl methyl sites for hydroxylation is 1. The van der Waals surface area contributed by atoms with Crippen molar-refractivity contribution in [1.82, 2.24) is 24.3 Å². The van der Waals surface area contributed by atoms with E-state index in [0.29, 0.717) is 36.0 Å². The van der Waals surface area contributed by atoms with E-state index in [0.717, 1.165) is 27.8 Å². The Labute approximate surface area is 261 Å². The number of carbonyl (C=O) groups excluding carboxylic acids is 2. The number of fused-ring (bicyclic) bond motifs is 1. The first-order chi connectivity index (χ1) is 22.4. The van der Waals surface area contributed by atoms with E-state index in [4.69, 9.17) is 23.5 Å². The van der Waals surface area contributed by atoms with Gasteiger partial charge in [-0.05, 0) is 41.8 Å². The minimum absolute atomic E-state index is 0.0300. The van der Waals surface area contributed by atoms with Gasteiger partial charge in [0.2, 0.25) is 6.79 Å². The molecule has 3 aromatic heterocycles. The van der Waals surface area contributed by atoms with Crippen molar-refractivity contribution in [3.05, 3.63) is 112 Å². The number of esters is 1. The maximum Gasteiger partial charge on any atom is 0.511 e. The number of rotatable bonds is 11. The lowest BCUT2D eigenvalue weighted by Crippen LogP contribution is -2.15. The number of hydrogen-bond donors (Lipinski definition) is 1. The third-order valence-electron chi connectivity index (χ3n) is 7.07. The summed E-state index contributed by atoms with van der Waals surface area (Å²) >= 11 is 0. The molecule has 0 unspecified atom stereocenters. The van der Waals surface area contributed by atoms with Gasteiger partial charge in [0, 0.05) is 30.6 Å². The summed E-state index contributed by atoms with van der Waals surface area (Å²) in [6, 6.07) is 22.6. The van der Waals surface area contributed by atoms with E-state index in [1.807, 2.05) is 85.5 Å². The number of nitrogens with one attached hydrogen (secondary N) is 1. The van der Waals surface area contributed by atoms with Gasteiger partial charge >= 0.3 is 17.9 Å². The maximum atomic E-state index is 13.2. The zero-order valence-electron chi connectivity index (χ0n) is 25.0. The number of ether oxygens (including phenoxy) is 4. The number of para-hydroxylation sites is 1. The summed E-state index contributed by atoms with van der Waals surface area (Å²) in [5, 5.41) is 3.83. The summed E-state index contributed by atoms with van der Waals surface area (Å²) in [7, 11) is 1.86. The second-order valence-electron chi connectivity index (χ2n) is 10.2. The van der Waals surface area contributed by atoms with E-state index in [9.17, 15) is 14.4 Å². The standard InChI is InChI=1S/C33H29N5O8/c1-3-42-31-34-27-10-6-9-26(30(39)44-20-45-33(41)43-19-22-15-16-37(2)17-22)28(27)38(31)18-21-11-13-23(14-12-21)24-7-4-5-8-25(24)29-35-32(40)46-36-29/h4-17H,3,18-20H2,1-2H3,(H,35,36,40). The number of carbonyl (C=O) groups is 2. The average Bonchev–Trinajstić information content (AvgIpc) is 3.79. The van der Waals surface area contributed by atoms with Crippen molar-refractivity contribution in [3.8, 4) is 28.5 Å². The number of imidazole rings is 1. The largest absolute Gasteiger partial charge is 0.511 e. The van der Waals surface area contributed by atoms with Crippen LogP contribution in [0.3, 0.4) is 0 Å². The van der Waals surface area contributed by atoms with Gasteiger partial charge in [-0.3, -0.25) is 14.1 Å². The minimum atomic E-state index is -0.959. The lowest BCUT2D eigenvalue weighted by Gasteiger charge is -2.13. The molecule has 6 rings (SSSR count). The van der Waals surface area contributed by atoms with Crippen LogP contribution in [0.1, 0.15) is 28.4 Å². The van der Waals surface area contributed by atoms with Gasteiger partial charge in [-0.25, -0.2) is 14.4 Å². The van der Waals surface area contributed by atoms with Crippen molar-refractivity contribution in [2.45, 2.75) is 20.1 Å². The van der Waals surface area contributed by atoms with Crippen LogP contribution in [0.15, 0.2) is 94.5 Å². The number of hydrogen-bond acceptors (Lipinski definition) is 10. The van der Waals surface area contributed by atoms with Crippen LogP contribution >= 0.6 is 0 Å². The molecule has 234 valence electrons. The van der Waals surface area contributed by atoms with Crippen LogP contribution in [0, 0.1) is 0 Å². The highest BCUT2D eigenvalue weighted by Crippen LogP contribution is 2.31. The Morgan fingerprint density at radius 1 is 0.913 bits per heavy atom. The highest BCUT2D eigenvalue weighted by atomic mass is 16.8. The predicted octanol–water partition coefficient (Wildman–Crippen LogP) is 5.30. The summed E-state index contributed by atoms with van der Waals surface area (Å²) in [5.41, 5.74) is 5.45. The molecule has 3 aromatic carbocycles. The topological polar surface area (TPSA) is 153 Å². The highest BCUT2D eigenvalue weighted by molar-refractivity contribution is 6.02. The molecule has 0 atom stereocenters. The Morgan fingerprint density at radius 3 is 2.43 bits per heavy atom. The summed E-state index contributed by atoms with van der Waals surface area (Å²) in [6.45, 7) is 1.95. The second-order valence-corrected chi connectivity index (χ2v) is 10.2. The van der Waals surface area contributed by atoms with Gasteiger partial charge in [0.05, 0.1) is 29.7 Å². The molecule has 0 radical (unpaired) electrons. The summed E-state index contributed by atoms with van der Waals surface area (Å²) in [4.78, 5) is 43.9. The first-order valence-corrected chi connectivity index (χ1v) is 14.3. The third kappa shape index (κ3) is 6.53. The molecule has 1 N–H and O–H groups in total. The normalized spacial score (nSPS) is 11.0. The number of nitrogens with zero attached hydrogens (tertiary/aromatic N) is 4. The average molecular weight is 624 g/mol. The predicted molar refractivity (Wildman–Crippen MR) is 165 cm³/mol. The smallest absolute Gasteiger partial charge is 0.465 e. The quantitative estimate of drug-likeness (QED) is 0.149. The van der Waals surface area contributed by atoms with Crippen LogP contribution in [-0.2, 0) is 34.4 Å². The summed E-state index contributed by atoms with van der Waals surface area (Å²) < 4.78 is 29.4. The van der Waals surface area contributed by atoms with Crippen molar-refractivity contribution in [2.75, 3.05) is 13.4 Å². The van der Waals surface area contributed by atoms with E-state index in [2.05, 4.69) is 15.1 Å². The molecular weight excluding hydrogens is 594 g/mol. The Bertz CT molecular complexity index is 2050. The molecule has 3 heterocycles. The minimum Gasteiger partial charge on any atom is -0.465 e. The fourth-order valence-electron chi connectivity index (χ4n) is 5.01. The van der Waals surface area contributed by atoms with Gasteiger partial charge < -0.3 is 23.5 Å². The molecule has 0 aliphatic rings. The Morgan fingerprint density at radius 2 is 1.72 bits per heavy atom. The Hall–Kier alpha value is -6.11. The van der Waals surface area contributed by atoms with Crippen LogP contribution in [0.2, 0.25) is 0 Å². The number of H-pyrrole nitrogens is 1. The fourth-order valence-corrected chi connectivity index (χ4v) is 5.01. The van der Waals surface area contributed by atoms with Crippen molar-refractivity contribution in [1.29, 1.82) is 0 Å². The summed E-state index contributed by atoms with van der Waals surface area (Å²) in [6.07, 6.45) is 2.68. The lowest BCUT2D eigenvalue weighted by atomic mass is 9.98. The van der Waals surface area contributed by atoms with Gasteiger partial charge in [-0.1, -0.05) is 59.8 Å². The molecule has 6 aromatic rings. The number of aromatic amines is 1. The number of aromatic nitrogens is 5. The molecule has 0 saturated heterocycles. The van der Waals surface area contributed by atoms with Gasteiger partial charge in [0.1, 0.15) is 6.61 Å². The molecule has 0 saturated carbocycles. The lowest BCUT2D eigenvalue weighted by molar-refractivity contribution is -0.0293. The first-order valence-electron chi connectivity index (χ1n) is 14.3. The van der Waals surface area contributed by atoms with E-state index in [1.165, 1.54) is 0 Å². The monoisotopic (exact) mass is 623 g/mol. The molecule has 0 fully saturated rings. The molecule has 13 nitrogen and oxygen atoms in total. The zero-order chi connectivity index (χ0) is 32.0. The van der Waals surface area contributed by atoms with Crippen molar-refractivity contribution in [3.63, 3.8) is 0 Å². The molecule has 0 aliphatic heterocycles. The molecule has 13 heteroatoms. The Kier molecular flexibility index (Phi) is 8.63. The molecule has 0 bridgehead atoms. The van der Waals surface area contributed by atoms with E-state index >= 15 is 0 Å². The van der Waals surface area contributed by atoms with Crippen LogP contribution in [0.4, 0.5) is 4.79 Å². The van der Waals surface area contributed by atoms with E-state index < -0.39 is 24.7 Å². The molecule has 0 amide bonds. The number of benzene rings is 3. The maximum absolute atomic E-state index is 13.2. The SMILES string of the molecule is CCOc1nc2cccc(C(=O)OCOC(=O)OCc3ccn(C)c3)c2n1Cc1ccc(-c2ccccc2-c2noc(=O)[nH]2)cc1. The van der Waals surface area contributed by atoms with Crippen LogP contribution in [0.5, 0.6) is 6.01 Å². The summed E-state index contributed by atoms with van der Waals surface area (Å²) in [5.74, 6) is -0.997. The first kappa shape index (κ1) is 29.9. The van der Waals surface area contributed by atoms with Crippen molar-refractivity contribution >= 4 is 23.2 Å². The van der Waals surface area contributed by atoms with Crippen molar-refractivity contribution in [2.24, 2.45) is 7.05 Å². The van der Waals surface area contributed by atoms with Gasteiger partial charge in [-0.15, -0.1) is 0 Å². The highest BCUT2D eigenvalue weighted by Gasteiger charge is 2.21. The van der Waals surface area contributed by atoms with Crippen LogP contribution in [-0.4, -0.2) is 49.8 Å². The van der Waals surface area contributed by atoms with Gasteiger partial charge in [0.15, 0.2) is 5.82 Å². The second kappa shape index (κ2) is 13.3. The Balaban J connectivity index is 1.20. The van der Waals surface area contributed by atoms with Gasteiger partial charge in [-0.2, -0.15) is 4.98 Å². The van der Waals surface area contributed by atoms with E-state index in [-0.39, 0.29) is 12.2 Å². The molecule has 0 spiro atoms. The molecule has 0 aliphatic carbocycles. The van der Waals surface area contributed by atoms with Crippen molar-refractivity contribution < 1.29 is 33.1 Å². The molecular formula is C33H29N5O8. The fraction of sp³-hybridized carbons (Fsp3) is 0.182.